The van der Waals surface area contributed by atoms with Gasteiger partial charge < -0.3 is 14.7 Å². The predicted octanol–water partition coefficient (Wildman–Crippen LogP) is 1.95. The van der Waals surface area contributed by atoms with Gasteiger partial charge in [0.2, 0.25) is 0 Å². The van der Waals surface area contributed by atoms with Crippen LogP contribution in [0.2, 0.25) is 0 Å². The normalized spacial score (nSPS) is 12.2. The number of rotatable bonds is 7. The molecule has 1 aromatic carbocycles. The average Bonchev–Trinajstić information content (AvgIpc) is 2.97. The summed E-state index contributed by atoms with van der Waals surface area (Å²) in [6.07, 6.45) is -0.397. The Balaban J connectivity index is 2.01. The molecule has 1 atom stereocenters. The van der Waals surface area contributed by atoms with Crippen LogP contribution in [0, 0.1) is 5.82 Å². The van der Waals surface area contributed by atoms with Crippen molar-refractivity contribution >= 4 is 17.2 Å². The van der Waals surface area contributed by atoms with Crippen molar-refractivity contribution in [1.82, 2.24) is 9.88 Å². The van der Waals surface area contributed by atoms with Crippen LogP contribution >= 0.6 is 11.3 Å². The van der Waals surface area contributed by atoms with Crippen molar-refractivity contribution < 1.29 is 19.0 Å². The van der Waals surface area contributed by atoms with E-state index in [1.54, 1.807) is 30.6 Å². The zero-order valence-corrected chi connectivity index (χ0v) is 13.8. The highest BCUT2D eigenvalue weighted by Gasteiger charge is 2.18. The van der Waals surface area contributed by atoms with E-state index < -0.39 is 6.10 Å². The smallest absolute Gasteiger partial charge is 0.273 e. The third-order valence-electron chi connectivity index (χ3n) is 3.26. The number of aliphatic hydroxyl groups excluding tert-OH is 1. The summed E-state index contributed by atoms with van der Waals surface area (Å²) in [7, 11) is 3.08. The summed E-state index contributed by atoms with van der Waals surface area (Å²) in [5, 5.41) is 12.0. The number of methoxy groups -OCH3 is 1. The highest BCUT2D eigenvalue weighted by Crippen LogP contribution is 2.17. The maximum Gasteiger partial charge on any atom is 0.273 e. The van der Waals surface area contributed by atoms with Crippen LogP contribution < -0.4 is 0 Å². The van der Waals surface area contributed by atoms with Crippen LogP contribution in [0.1, 0.15) is 21.1 Å². The van der Waals surface area contributed by atoms with Crippen molar-refractivity contribution in [3.63, 3.8) is 0 Å². The van der Waals surface area contributed by atoms with E-state index in [0.29, 0.717) is 22.7 Å². The van der Waals surface area contributed by atoms with E-state index in [-0.39, 0.29) is 24.9 Å². The molecule has 1 heterocycles. The van der Waals surface area contributed by atoms with Gasteiger partial charge in [0.1, 0.15) is 11.5 Å². The van der Waals surface area contributed by atoms with Crippen LogP contribution in [0.4, 0.5) is 4.39 Å². The Hall–Kier alpha value is -1.83. The van der Waals surface area contributed by atoms with Gasteiger partial charge in [0.15, 0.2) is 0 Å². The minimum absolute atomic E-state index is 0.160. The lowest BCUT2D eigenvalue weighted by molar-refractivity contribution is 0.0378. The van der Waals surface area contributed by atoms with Crippen molar-refractivity contribution in [3.8, 4) is 0 Å². The van der Waals surface area contributed by atoms with E-state index in [9.17, 15) is 14.3 Å². The monoisotopic (exact) mass is 338 g/mol. The number of halogens is 1. The number of nitrogens with zero attached hydrogens (tertiary/aromatic N) is 2. The molecule has 0 radical (unpaired) electrons. The second kappa shape index (κ2) is 8.14. The largest absolute Gasteiger partial charge is 0.389 e. The molecule has 7 heteroatoms. The van der Waals surface area contributed by atoms with Gasteiger partial charge in [-0.1, -0.05) is 18.2 Å². The summed E-state index contributed by atoms with van der Waals surface area (Å²) in [5.41, 5.74) is 0.846. The molecule has 0 saturated carbocycles. The topological polar surface area (TPSA) is 62.7 Å². The summed E-state index contributed by atoms with van der Waals surface area (Å²) >= 11 is 1.32. The summed E-state index contributed by atoms with van der Waals surface area (Å²) < 4.78 is 18.5. The molecular formula is C16H19FN2O3S. The number of aromatic nitrogens is 1. The Kier molecular flexibility index (Phi) is 6.20. The van der Waals surface area contributed by atoms with E-state index >= 15 is 0 Å². The molecule has 0 aliphatic carbocycles. The number of carbonyl (C=O) groups excluding carboxylic acids is 1. The fourth-order valence-corrected chi connectivity index (χ4v) is 2.93. The number of benzene rings is 1. The quantitative estimate of drug-likeness (QED) is 0.838. The van der Waals surface area contributed by atoms with Gasteiger partial charge in [0.05, 0.1) is 17.7 Å². The lowest BCUT2D eigenvalue weighted by atomic mass is 10.1. The molecule has 0 aliphatic rings. The molecule has 0 saturated heterocycles. The number of ether oxygens (including phenoxy) is 1. The summed E-state index contributed by atoms with van der Waals surface area (Å²) in [6.45, 7) is 0.320. The van der Waals surface area contributed by atoms with Crippen molar-refractivity contribution in [2.75, 3.05) is 27.3 Å². The molecule has 1 aromatic heterocycles. The van der Waals surface area contributed by atoms with E-state index in [1.807, 2.05) is 0 Å². The van der Waals surface area contributed by atoms with Crippen molar-refractivity contribution in [2.45, 2.75) is 12.5 Å². The third kappa shape index (κ3) is 4.82. The number of hydrogen-bond donors (Lipinski definition) is 1. The lowest BCUT2D eigenvalue weighted by Crippen LogP contribution is -2.36. The molecule has 124 valence electrons. The molecule has 5 nitrogen and oxygen atoms in total. The number of likely N-dealkylation sites (N-methyl/N-ethyl adjacent to an activating group) is 1. The van der Waals surface area contributed by atoms with Gasteiger partial charge in [0.25, 0.3) is 5.91 Å². The Morgan fingerprint density at radius 3 is 2.91 bits per heavy atom. The lowest BCUT2D eigenvalue weighted by Gasteiger charge is -2.19. The molecule has 0 spiro atoms. The number of thiazole rings is 1. The zero-order chi connectivity index (χ0) is 16.8. The molecular weight excluding hydrogens is 319 g/mol. The molecule has 0 bridgehead atoms. The van der Waals surface area contributed by atoms with Crippen molar-refractivity contribution in [1.29, 1.82) is 0 Å². The SMILES string of the molecule is COCC(O)CN(C)C(=O)c1csc(Cc2ccccc2F)n1. The molecule has 2 aromatic rings. The second-order valence-electron chi connectivity index (χ2n) is 5.19. The minimum Gasteiger partial charge on any atom is -0.389 e. The van der Waals surface area contributed by atoms with Crippen molar-refractivity contribution in [2.24, 2.45) is 0 Å². The van der Waals surface area contributed by atoms with Gasteiger partial charge in [-0.25, -0.2) is 9.37 Å². The maximum absolute atomic E-state index is 13.6. The third-order valence-corrected chi connectivity index (χ3v) is 4.11. The molecule has 23 heavy (non-hydrogen) atoms. The Morgan fingerprint density at radius 1 is 1.48 bits per heavy atom. The first kappa shape index (κ1) is 17.5. The van der Waals surface area contributed by atoms with Gasteiger partial charge in [-0.3, -0.25) is 4.79 Å². The van der Waals surface area contributed by atoms with Gasteiger partial charge >= 0.3 is 0 Å². The number of amides is 1. The van der Waals surface area contributed by atoms with E-state index in [1.165, 1.54) is 29.4 Å². The Bertz CT molecular complexity index is 662. The molecule has 0 fully saturated rings. The fraction of sp³-hybridized carbons (Fsp3) is 0.375. The number of hydrogen-bond acceptors (Lipinski definition) is 5. The summed E-state index contributed by atoms with van der Waals surface area (Å²) in [4.78, 5) is 17.9. The molecule has 0 aliphatic heterocycles. The molecule has 1 unspecified atom stereocenters. The average molecular weight is 338 g/mol. The standard InChI is InChI=1S/C16H19FN2O3S/c1-19(8-12(20)9-22-2)16(21)14-10-23-15(18-14)7-11-5-3-4-6-13(11)17/h3-6,10,12,20H,7-9H2,1-2H3. The van der Waals surface area contributed by atoms with Gasteiger partial charge in [-0.2, -0.15) is 0 Å². The first-order valence-corrected chi connectivity index (χ1v) is 7.99. The van der Waals surface area contributed by atoms with Crippen LogP contribution in [0.25, 0.3) is 0 Å². The second-order valence-corrected chi connectivity index (χ2v) is 6.13. The van der Waals surface area contributed by atoms with E-state index in [4.69, 9.17) is 4.74 Å². The van der Waals surface area contributed by atoms with Crippen LogP contribution in [0.15, 0.2) is 29.6 Å². The van der Waals surface area contributed by atoms with Gasteiger partial charge in [-0.05, 0) is 11.6 Å². The first-order valence-electron chi connectivity index (χ1n) is 7.11. The molecule has 1 N–H and O–H groups in total. The minimum atomic E-state index is -0.745. The fourth-order valence-electron chi connectivity index (χ4n) is 2.13. The molecule has 2 rings (SSSR count). The van der Waals surface area contributed by atoms with Crippen LogP contribution in [0.5, 0.6) is 0 Å². The van der Waals surface area contributed by atoms with Crippen molar-refractivity contribution in [3.05, 3.63) is 51.7 Å². The number of aliphatic hydroxyl groups is 1. The van der Waals surface area contributed by atoms with Gasteiger partial charge in [-0.15, -0.1) is 11.3 Å². The molecule has 1 amide bonds. The van der Waals surface area contributed by atoms with Crippen LogP contribution in [-0.2, 0) is 11.2 Å². The Morgan fingerprint density at radius 2 is 2.22 bits per heavy atom. The summed E-state index contributed by atoms with van der Waals surface area (Å²) in [6, 6.07) is 6.50. The highest BCUT2D eigenvalue weighted by molar-refractivity contribution is 7.09. The maximum atomic E-state index is 13.6. The van der Waals surface area contributed by atoms with Gasteiger partial charge in [0, 0.05) is 32.5 Å². The zero-order valence-electron chi connectivity index (χ0n) is 13.0. The predicted molar refractivity (Wildman–Crippen MR) is 86.2 cm³/mol. The van der Waals surface area contributed by atoms with E-state index in [0.717, 1.165) is 0 Å². The highest BCUT2D eigenvalue weighted by atomic mass is 32.1. The van der Waals surface area contributed by atoms with Crippen LogP contribution in [-0.4, -0.2) is 54.3 Å². The first-order chi connectivity index (χ1) is 11.0. The Labute approximate surface area is 138 Å². The van der Waals surface area contributed by atoms with Crippen LogP contribution in [0.3, 0.4) is 0 Å². The van der Waals surface area contributed by atoms with E-state index in [2.05, 4.69) is 4.98 Å². The number of carbonyl (C=O) groups is 1. The summed E-state index contributed by atoms with van der Waals surface area (Å²) in [5.74, 6) is -0.563.